The van der Waals surface area contributed by atoms with Gasteiger partial charge in [0, 0.05) is 11.5 Å². The maximum absolute atomic E-state index is 5.77. The van der Waals surface area contributed by atoms with Gasteiger partial charge in [0.15, 0.2) is 5.22 Å². The largest absolute Gasteiger partial charge is 0.449 e. The fourth-order valence-electron chi connectivity index (χ4n) is 2.17. The molecule has 2 nitrogen and oxygen atoms in total. The van der Waals surface area contributed by atoms with Crippen molar-refractivity contribution < 1.29 is 4.42 Å². The molecule has 3 heteroatoms. The molecule has 1 aliphatic rings. The summed E-state index contributed by atoms with van der Waals surface area (Å²) < 4.78 is 5.45. The van der Waals surface area contributed by atoms with Crippen molar-refractivity contribution in [2.45, 2.75) is 38.1 Å². The smallest absolute Gasteiger partial charge is 0.193 e. The summed E-state index contributed by atoms with van der Waals surface area (Å²) in [6.07, 6.45) is 2.24. The van der Waals surface area contributed by atoms with Gasteiger partial charge < -0.3 is 9.73 Å². The summed E-state index contributed by atoms with van der Waals surface area (Å²) in [5, 5.41) is 3.99. The standard InChI is InChI=1S/C11H16ClNO/c1-11(2)7-8(5-6-13-11)9-3-4-10(12)14-9/h3-4,8,13H,5-7H2,1-2H3. The fourth-order valence-corrected chi connectivity index (χ4v) is 2.32. The van der Waals surface area contributed by atoms with Crippen LogP contribution in [-0.2, 0) is 0 Å². The van der Waals surface area contributed by atoms with E-state index in [9.17, 15) is 0 Å². The second-order valence-corrected chi connectivity index (χ2v) is 5.01. The van der Waals surface area contributed by atoms with Gasteiger partial charge in [0.1, 0.15) is 5.76 Å². The first-order chi connectivity index (χ1) is 6.57. The second kappa shape index (κ2) is 3.59. The van der Waals surface area contributed by atoms with Crippen molar-refractivity contribution in [1.82, 2.24) is 5.32 Å². The van der Waals surface area contributed by atoms with E-state index in [0.717, 1.165) is 25.1 Å². The van der Waals surface area contributed by atoms with Gasteiger partial charge in [-0.3, -0.25) is 0 Å². The van der Waals surface area contributed by atoms with Gasteiger partial charge >= 0.3 is 0 Å². The zero-order valence-corrected chi connectivity index (χ0v) is 9.40. The van der Waals surface area contributed by atoms with E-state index in [1.165, 1.54) is 0 Å². The summed E-state index contributed by atoms with van der Waals surface area (Å²) in [7, 11) is 0. The lowest BCUT2D eigenvalue weighted by atomic mass is 9.83. The van der Waals surface area contributed by atoms with Crippen molar-refractivity contribution in [2.24, 2.45) is 0 Å². The van der Waals surface area contributed by atoms with Crippen LogP contribution in [0, 0.1) is 0 Å². The van der Waals surface area contributed by atoms with Crippen molar-refractivity contribution in [3.63, 3.8) is 0 Å². The Balaban J connectivity index is 2.12. The van der Waals surface area contributed by atoms with Crippen LogP contribution in [0.4, 0.5) is 0 Å². The normalized spacial score (nSPS) is 26.4. The molecule has 1 saturated heterocycles. The van der Waals surface area contributed by atoms with Crippen LogP contribution < -0.4 is 5.32 Å². The van der Waals surface area contributed by atoms with Crippen LogP contribution in [0.15, 0.2) is 16.5 Å². The van der Waals surface area contributed by atoms with E-state index < -0.39 is 0 Å². The maximum atomic E-state index is 5.77. The van der Waals surface area contributed by atoms with Gasteiger partial charge in [-0.05, 0) is 57.0 Å². The molecule has 0 bridgehead atoms. The van der Waals surface area contributed by atoms with Gasteiger partial charge in [0.2, 0.25) is 0 Å². The third kappa shape index (κ3) is 2.12. The highest BCUT2D eigenvalue weighted by molar-refractivity contribution is 6.28. The highest BCUT2D eigenvalue weighted by Crippen LogP contribution is 2.33. The van der Waals surface area contributed by atoms with Crippen molar-refractivity contribution in [3.05, 3.63) is 23.1 Å². The average Bonchev–Trinajstić information content (AvgIpc) is 2.50. The first kappa shape index (κ1) is 10.1. The van der Waals surface area contributed by atoms with Crippen molar-refractivity contribution in [1.29, 1.82) is 0 Å². The highest BCUT2D eigenvalue weighted by Gasteiger charge is 2.29. The molecule has 0 aliphatic carbocycles. The molecule has 1 atom stereocenters. The number of halogens is 1. The number of nitrogens with one attached hydrogen (secondary N) is 1. The number of rotatable bonds is 1. The quantitative estimate of drug-likeness (QED) is 0.775. The minimum Gasteiger partial charge on any atom is -0.449 e. The molecule has 1 aromatic heterocycles. The van der Waals surface area contributed by atoms with Crippen LogP contribution in [0.3, 0.4) is 0 Å². The third-order valence-corrected chi connectivity index (χ3v) is 3.05. The Kier molecular flexibility index (Phi) is 2.58. The Hall–Kier alpha value is -0.470. The lowest BCUT2D eigenvalue weighted by Gasteiger charge is -2.35. The Morgan fingerprint density at radius 3 is 2.86 bits per heavy atom. The summed E-state index contributed by atoms with van der Waals surface area (Å²) in [6.45, 7) is 5.50. The van der Waals surface area contributed by atoms with Crippen LogP contribution in [0.5, 0.6) is 0 Å². The monoisotopic (exact) mass is 213 g/mol. The van der Waals surface area contributed by atoms with Gasteiger partial charge in [0.05, 0.1) is 0 Å². The maximum Gasteiger partial charge on any atom is 0.193 e. The Morgan fingerprint density at radius 1 is 1.50 bits per heavy atom. The summed E-state index contributed by atoms with van der Waals surface area (Å²) >= 11 is 5.77. The van der Waals surface area contributed by atoms with Crippen LogP contribution >= 0.6 is 11.6 Å². The second-order valence-electron chi connectivity index (χ2n) is 4.64. The van der Waals surface area contributed by atoms with Crippen LogP contribution in [0.25, 0.3) is 0 Å². The predicted molar refractivity (Wildman–Crippen MR) is 57.8 cm³/mol. The number of piperidine rings is 1. The lowest BCUT2D eigenvalue weighted by molar-refractivity contribution is 0.255. The molecule has 1 N–H and O–H groups in total. The van der Waals surface area contributed by atoms with Crippen LogP contribution in [0.2, 0.25) is 5.22 Å². The number of hydrogen-bond donors (Lipinski definition) is 1. The SMILES string of the molecule is CC1(C)CC(c2ccc(Cl)o2)CCN1. The lowest BCUT2D eigenvalue weighted by Crippen LogP contribution is -2.45. The fraction of sp³-hybridized carbons (Fsp3) is 0.636. The van der Waals surface area contributed by atoms with Gasteiger partial charge in [-0.2, -0.15) is 0 Å². The molecule has 1 aromatic rings. The molecule has 78 valence electrons. The number of hydrogen-bond acceptors (Lipinski definition) is 2. The van der Waals surface area contributed by atoms with E-state index in [1.807, 2.05) is 12.1 Å². The molecule has 2 rings (SSSR count). The van der Waals surface area contributed by atoms with E-state index in [4.69, 9.17) is 16.0 Å². The minimum absolute atomic E-state index is 0.210. The first-order valence-electron chi connectivity index (χ1n) is 5.07. The third-order valence-electron chi connectivity index (χ3n) is 2.85. The van der Waals surface area contributed by atoms with Gasteiger partial charge in [-0.1, -0.05) is 0 Å². The molecular weight excluding hydrogens is 198 g/mol. The van der Waals surface area contributed by atoms with Crippen molar-refractivity contribution in [3.8, 4) is 0 Å². The van der Waals surface area contributed by atoms with Crippen LogP contribution in [-0.4, -0.2) is 12.1 Å². The van der Waals surface area contributed by atoms with Crippen LogP contribution in [0.1, 0.15) is 38.4 Å². The molecule has 0 radical (unpaired) electrons. The average molecular weight is 214 g/mol. The molecule has 1 fully saturated rings. The minimum atomic E-state index is 0.210. The summed E-state index contributed by atoms with van der Waals surface area (Å²) in [6, 6.07) is 3.82. The molecule has 0 aromatic carbocycles. The number of furan rings is 1. The molecule has 0 saturated carbocycles. The molecule has 14 heavy (non-hydrogen) atoms. The van der Waals surface area contributed by atoms with Gasteiger partial charge in [0.25, 0.3) is 0 Å². The molecule has 2 heterocycles. The Bertz CT molecular complexity index is 319. The molecule has 1 aliphatic heterocycles. The molecular formula is C11H16ClNO. The molecule has 0 amide bonds. The zero-order chi connectivity index (χ0) is 10.2. The molecule has 1 unspecified atom stereocenters. The Labute approximate surface area is 89.6 Å². The van der Waals surface area contributed by atoms with E-state index in [0.29, 0.717) is 11.1 Å². The zero-order valence-electron chi connectivity index (χ0n) is 8.64. The topological polar surface area (TPSA) is 25.2 Å². The summed E-state index contributed by atoms with van der Waals surface area (Å²) in [5.74, 6) is 1.54. The van der Waals surface area contributed by atoms with E-state index >= 15 is 0 Å². The first-order valence-corrected chi connectivity index (χ1v) is 5.45. The van der Waals surface area contributed by atoms with Crippen molar-refractivity contribution >= 4 is 11.6 Å². The van der Waals surface area contributed by atoms with Gasteiger partial charge in [-0.25, -0.2) is 0 Å². The van der Waals surface area contributed by atoms with E-state index in [2.05, 4.69) is 19.2 Å². The van der Waals surface area contributed by atoms with E-state index in [-0.39, 0.29) is 5.54 Å². The highest BCUT2D eigenvalue weighted by atomic mass is 35.5. The van der Waals surface area contributed by atoms with Crippen molar-refractivity contribution in [2.75, 3.05) is 6.54 Å². The van der Waals surface area contributed by atoms with Gasteiger partial charge in [-0.15, -0.1) is 0 Å². The summed E-state index contributed by atoms with van der Waals surface area (Å²) in [5.41, 5.74) is 0.210. The molecule has 0 spiro atoms. The van der Waals surface area contributed by atoms with E-state index in [1.54, 1.807) is 0 Å². The Morgan fingerprint density at radius 2 is 2.29 bits per heavy atom. The predicted octanol–water partition coefficient (Wildman–Crippen LogP) is 3.18. The summed E-state index contributed by atoms with van der Waals surface area (Å²) in [4.78, 5) is 0.